The first-order valence-corrected chi connectivity index (χ1v) is 10.3. The molecule has 22 heavy (non-hydrogen) atoms. The third-order valence-corrected chi connectivity index (χ3v) is 6.83. The number of amides is 1. The van der Waals surface area contributed by atoms with Crippen molar-refractivity contribution in [3.8, 4) is 0 Å². The summed E-state index contributed by atoms with van der Waals surface area (Å²) in [5.74, 6) is 0.894. The van der Waals surface area contributed by atoms with Gasteiger partial charge in [-0.3, -0.25) is 4.79 Å². The van der Waals surface area contributed by atoms with Crippen molar-refractivity contribution in [1.29, 1.82) is 0 Å². The van der Waals surface area contributed by atoms with Crippen LogP contribution in [0.25, 0.3) is 0 Å². The predicted molar refractivity (Wildman–Crippen MR) is 92.2 cm³/mol. The van der Waals surface area contributed by atoms with Gasteiger partial charge in [-0.2, -0.15) is 0 Å². The summed E-state index contributed by atoms with van der Waals surface area (Å²) in [6.45, 7) is 5.75. The zero-order chi connectivity index (χ0) is 16.3. The molecule has 0 aliphatic carbocycles. The maximum absolute atomic E-state index is 12.6. The first-order valence-electron chi connectivity index (χ1n) is 7.54. The minimum atomic E-state index is -3.16. The Bertz CT molecular complexity index is 641. The molecule has 0 spiro atoms. The fraction of sp³-hybridized carbons (Fsp3) is 0.562. The molecule has 2 rings (SSSR count). The molecule has 0 fully saturated rings. The van der Waals surface area contributed by atoms with E-state index in [1.54, 1.807) is 16.7 Å². The van der Waals surface area contributed by atoms with E-state index in [0.717, 1.165) is 16.3 Å². The van der Waals surface area contributed by atoms with E-state index in [0.29, 0.717) is 0 Å². The lowest BCUT2D eigenvalue weighted by molar-refractivity contribution is -0.118. The monoisotopic (exact) mass is 341 g/mol. The maximum atomic E-state index is 12.6. The molecule has 0 bridgehead atoms. The number of carbonyl (C=O) groups is 1. The van der Waals surface area contributed by atoms with Crippen molar-refractivity contribution in [3.63, 3.8) is 0 Å². The van der Waals surface area contributed by atoms with Crippen LogP contribution in [0.2, 0.25) is 0 Å². The summed E-state index contributed by atoms with van der Waals surface area (Å²) in [6, 6.07) is 7.88. The molecule has 1 aromatic carbocycles. The van der Waals surface area contributed by atoms with E-state index in [1.807, 2.05) is 45.0 Å². The molecular formula is C16H23NO3S2. The molecule has 0 N–H and O–H groups in total. The highest BCUT2D eigenvalue weighted by atomic mass is 32.2. The van der Waals surface area contributed by atoms with Crippen LogP contribution in [0.4, 0.5) is 5.69 Å². The van der Waals surface area contributed by atoms with Crippen LogP contribution in [0.1, 0.15) is 27.2 Å². The van der Waals surface area contributed by atoms with E-state index in [1.165, 1.54) is 0 Å². The maximum Gasteiger partial charge on any atom is 0.228 e. The zero-order valence-corrected chi connectivity index (χ0v) is 14.9. The van der Waals surface area contributed by atoms with Crippen LogP contribution in [0, 0.1) is 5.92 Å². The van der Waals surface area contributed by atoms with Crippen molar-refractivity contribution in [1.82, 2.24) is 0 Å². The Kier molecular flexibility index (Phi) is 5.55. The topological polar surface area (TPSA) is 54.5 Å². The predicted octanol–water partition coefficient (Wildman–Crippen LogP) is 2.97. The number of para-hydroxylation sites is 1. The smallest absolute Gasteiger partial charge is 0.228 e. The first-order chi connectivity index (χ1) is 10.3. The quantitative estimate of drug-likeness (QED) is 0.826. The molecule has 0 aromatic heterocycles. The molecule has 1 aromatic rings. The van der Waals surface area contributed by atoms with E-state index in [9.17, 15) is 13.2 Å². The van der Waals surface area contributed by atoms with Crippen molar-refractivity contribution >= 4 is 33.2 Å². The van der Waals surface area contributed by atoms with Crippen LogP contribution in [0.5, 0.6) is 0 Å². The second-order valence-corrected chi connectivity index (χ2v) is 9.44. The van der Waals surface area contributed by atoms with Gasteiger partial charge in [-0.25, -0.2) is 8.42 Å². The molecule has 0 saturated carbocycles. The molecule has 0 saturated heterocycles. The van der Waals surface area contributed by atoms with Gasteiger partial charge in [-0.15, -0.1) is 11.8 Å². The molecule has 4 nitrogen and oxygen atoms in total. The number of hydrogen-bond donors (Lipinski definition) is 0. The molecular weight excluding hydrogens is 318 g/mol. The van der Waals surface area contributed by atoms with Gasteiger partial charge in [0.1, 0.15) is 0 Å². The number of thioether (sulfide) groups is 1. The summed E-state index contributed by atoms with van der Waals surface area (Å²) < 4.78 is 24.0. The molecule has 6 heteroatoms. The zero-order valence-electron chi connectivity index (χ0n) is 13.3. The van der Waals surface area contributed by atoms with Gasteiger partial charge in [0.25, 0.3) is 0 Å². The van der Waals surface area contributed by atoms with Crippen LogP contribution in [-0.2, 0) is 14.6 Å². The molecule has 122 valence electrons. The van der Waals surface area contributed by atoms with Crippen molar-refractivity contribution in [2.45, 2.75) is 38.1 Å². The van der Waals surface area contributed by atoms with Crippen molar-refractivity contribution < 1.29 is 13.2 Å². The number of carbonyl (C=O) groups excluding carboxylic acids is 1. The SMILES string of the molecule is CC(C)CS(=O)(=O)CCC(=O)N1c2ccccc2SCC1C. The number of anilines is 1. The van der Waals surface area contributed by atoms with E-state index < -0.39 is 9.84 Å². The average Bonchev–Trinajstić information content (AvgIpc) is 2.43. The van der Waals surface area contributed by atoms with E-state index >= 15 is 0 Å². The largest absolute Gasteiger partial charge is 0.308 e. The lowest BCUT2D eigenvalue weighted by Gasteiger charge is -2.34. The minimum absolute atomic E-state index is 0.0540. The van der Waals surface area contributed by atoms with Gasteiger partial charge in [0.05, 0.1) is 17.2 Å². The van der Waals surface area contributed by atoms with Gasteiger partial charge in [0.2, 0.25) is 5.91 Å². The highest BCUT2D eigenvalue weighted by molar-refractivity contribution is 7.99. The Morgan fingerprint density at radius 1 is 1.36 bits per heavy atom. The Labute approximate surface area is 137 Å². The van der Waals surface area contributed by atoms with Gasteiger partial charge in [-0.05, 0) is 25.0 Å². The number of nitrogens with zero attached hydrogens (tertiary/aromatic N) is 1. The van der Waals surface area contributed by atoms with Gasteiger partial charge < -0.3 is 4.90 Å². The van der Waals surface area contributed by atoms with Crippen molar-refractivity contribution in [2.24, 2.45) is 5.92 Å². The molecule has 1 unspecified atom stereocenters. The Morgan fingerprint density at radius 3 is 2.73 bits per heavy atom. The highest BCUT2D eigenvalue weighted by Crippen LogP contribution is 2.37. The molecule has 1 atom stereocenters. The van der Waals surface area contributed by atoms with E-state index in [2.05, 4.69) is 0 Å². The lowest BCUT2D eigenvalue weighted by Crippen LogP contribution is -2.43. The summed E-state index contributed by atoms with van der Waals surface area (Å²) in [7, 11) is -3.16. The lowest BCUT2D eigenvalue weighted by atomic mass is 10.2. The molecule has 1 aliphatic rings. The first kappa shape index (κ1) is 17.3. The van der Waals surface area contributed by atoms with Crippen LogP contribution in [-0.4, -0.2) is 37.6 Å². The van der Waals surface area contributed by atoms with Gasteiger partial charge >= 0.3 is 0 Å². The summed E-state index contributed by atoms with van der Waals surface area (Å²) in [5.41, 5.74) is 0.900. The number of rotatable bonds is 5. The normalized spacial score (nSPS) is 18.4. The molecule has 0 radical (unpaired) electrons. The van der Waals surface area contributed by atoms with Crippen molar-refractivity contribution in [2.75, 3.05) is 22.2 Å². The average molecular weight is 341 g/mol. The molecule has 1 heterocycles. The van der Waals surface area contributed by atoms with Gasteiger partial charge in [-0.1, -0.05) is 26.0 Å². The summed E-state index contributed by atoms with van der Waals surface area (Å²) >= 11 is 1.74. The summed E-state index contributed by atoms with van der Waals surface area (Å²) in [6.07, 6.45) is 0.0540. The number of sulfone groups is 1. The van der Waals surface area contributed by atoms with E-state index in [-0.39, 0.29) is 35.8 Å². The van der Waals surface area contributed by atoms with Crippen LogP contribution >= 0.6 is 11.8 Å². The number of fused-ring (bicyclic) bond motifs is 1. The van der Waals surface area contributed by atoms with Gasteiger partial charge in [0, 0.05) is 23.1 Å². The fourth-order valence-electron chi connectivity index (χ4n) is 2.64. The summed E-state index contributed by atoms with van der Waals surface area (Å²) in [4.78, 5) is 15.4. The van der Waals surface area contributed by atoms with E-state index in [4.69, 9.17) is 0 Å². The third kappa shape index (κ3) is 4.26. The van der Waals surface area contributed by atoms with Gasteiger partial charge in [0.15, 0.2) is 9.84 Å². The van der Waals surface area contributed by atoms with Crippen LogP contribution < -0.4 is 4.90 Å². The third-order valence-electron chi connectivity index (χ3n) is 3.53. The Morgan fingerprint density at radius 2 is 2.05 bits per heavy atom. The minimum Gasteiger partial charge on any atom is -0.308 e. The Balaban J connectivity index is 2.10. The van der Waals surface area contributed by atoms with Crippen molar-refractivity contribution in [3.05, 3.63) is 24.3 Å². The highest BCUT2D eigenvalue weighted by Gasteiger charge is 2.29. The number of benzene rings is 1. The van der Waals surface area contributed by atoms with Crippen LogP contribution in [0.15, 0.2) is 29.2 Å². The second kappa shape index (κ2) is 7.04. The standard InChI is InChI=1S/C16H23NO3S2/c1-12(2)11-22(19,20)9-8-16(18)17-13(3)10-21-15-7-5-4-6-14(15)17/h4-7,12-13H,8-11H2,1-3H3. The fourth-order valence-corrected chi connectivity index (χ4v) is 5.36. The molecule has 1 aliphatic heterocycles. The van der Waals surface area contributed by atoms with Crippen LogP contribution in [0.3, 0.4) is 0 Å². The Hall–Kier alpha value is -1.01. The molecule has 1 amide bonds. The number of hydrogen-bond acceptors (Lipinski definition) is 4. The summed E-state index contributed by atoms with van der Waals surface area (Å²) in [5, 5.41) is 0. The second-order valence-electron chi connectivity index (χ2n) is 6.15.